The molecule has 0 spiro atoms. The first kappa shape index (κ1) is 14.9. The number of hydrogen-bond donors (Lipinski definition) is 1. The maximum absolute atomic E-state index is 5.85. The summed E-state index contributed by atoms with van der Waals surface area (Å²) >= 11 is 0. The predicted molar refractivity (Wildman–Crippen MR) is 87.0 cm³/mol. The first-order chi connectivity index (χ1) is 10.3. The molecule has 2 aliphatic heterocycles. The van der Waals surface area contributed by atoms with Gasteiger partial charge in [-0.05, 0) is 32.4 Å². The van der Waals surface area contributed by atoms with E-state index in [2.05, 4.69) is 48.3 Å². The van der Waals surface area contributed by atoms with E-state index in [1.54, 1.807) is 0 Å². The van der Waals surface area contributed by atoms with Gasteiger partial charge in [-0.3, -0.25) is 4.90 Å². The fourth-order valence-electron chi connectivity index (χ4n) is 3.67. The number of rotatable bonds is 4. The molecule has 0 bridgehead atoms. The largest absolute Gasteiger partial charge is 0.493 e. The Morgan fingerprint density at radius 3 is 3.05 bits per heavy atom. The number of benzene rings is 1. The van der Waals surface area contributed by atoms with E-state index in [0.29, 0.717) is 18.0 Å². The Labute approximate surface area is 128 Å². The Bertz CT molecular complexity index is 462. The van der Waals surface area contributed by atoms with Crippen LogP contribution in [0.15, 0.2) is 24.3 Å². The fraction of sp³-hybridized carbons (Fsp3) is 0.667. The predicted octanol–water partition coefficient (Wildman–Crippen LogP) is 3.02. The van der Waals surface area contributed by atoms with E-state index in [0.717, 1.165) is 25.4 Å². The summed E-state index contributed by atoms with van der Waals surface area (Å²) in [6.45, 7) is 8.95. The van der Waals surface area contributed by atoms with Crippen LogP contribution in [0.4, 0.5) is 0 Å². The van der Waals surface area contributed by atoms with Crippen molar-refractivity contribution in [2.75, 3.05) is 26.2 Å². The van der Waals surface area contributed by atoms with Crippen LogP contribution in [0.1, 0.15) is 44.6 Å². The van der Waals surface area contributed by atoms with Gasteiger partial charge in [0.15, 0.2) is 0 Å². The van der Waals surface area contributed by atoms with E-state index in [1.807, 2.05) is 0 Å². The van der Waals surface area contributed by atoms with Crippen LogP contribution in [0.2, 0.25) is 0 Å². The van der Waals surface area contributed by atoms with Crippen molar-refractivity contribution in [2.24, 2.45) is 0 Å². The van der Waals surface area contributed by atoms with Crippen LogP contribution >= 0.6 is 0 Å². The highest BCUT2D eigenvalue weighted by atomic mass is 16.5. The Kier molecular flexibility index (Phi) is 4.81. The topological polar surface area (TPSA) is 24.5 Å². The highest BCUT2D eigenvalue weighted by Crippen LogP contribution is 2.34. The summed E-state index contributed by atoms with van der Waals surface area (Å²) in [5, 5.41) is 3.71. The summed E-state index contributed by atoms with van der Waals surface area (Å²) in [6, 6.07) is 9.84. The molecule has 1 saturated heterocycles. The summed E-state index contributed by atoms with van der Waals surface area (Å²) in [4.78, 5) is 2.68. The molecule has 1 aromatic rings. The van der Waals surface area contributed by atoms with Crippen molar-refractivity contribution in [2.45, 2.75) is 51.1 Å². The second-order valence-corrected chi connectivity index (χ2v) is 6.58. The van der Waals surface area contributed by atoms with Gasteiger partial charge in [-0.1, -0.05) is 31.5 Å². The summed E-state index contributed by atoms with van der Waals surface area (Å²) in [5.74, 6) is 1.62. The molecular formula is C18H28N2O. The number of para-hydroxylation sites is 1. The Balaban J connectivity index is 1.68. The van der Waals surface area contributed by atoms with Crippen molar-refractivity contribution in [1.82, 2.24) is 10.2 Å². The van der Waals surface area contributed by atoms with Gasteiger partial charge in [-0.2, -0.15) is 0 Å². The molecule has 116 valence electrons. The summed E-state index contributed by atoms with van der Waals surface area (Å²) in [6.07, 6.45) is 3.78. The highest BCUT2D eigenvalue weighted by Gasteiger charge is 2.29. The van der Waals surface area contributed by atoms with Gasteiger partial charge in [0, 0.05) is 36.7 Å². The Hall–Kier alpha value is -1.06. The van der Waals surface area contributed by atoms with Crippen molar-refractivity contribution in [3.8, 4) is 5.75 Å². The van der Waals surface area contributed by atoms with Crippen LogP contribution in [0.3, 0.4) is 0 Å². The van der Waals surface area contributed by atoms with Crippen molar-refractivity contribution in [3.63, 3.8) is 0 Å². The van der Waals surface area contributed by atoms with Crippen LogP contribution in [-0.4, -0.2) is 43.2 Å². The summed E-state index contributed by atoms with van der Waals surface area (Å²) in [5.41, 5.74) is 1.40. The second-order valence-electron chi connectivity index (χ2n) is 6.58. The second kappa shape index (κ2) is 6.80. The number of ether oxygens (including phenoxy) is 1. The SMILES string of the molecule is CCCC1CN(CC2COc3ccccc32)C(C)CCN1. The third-order valence-electron chi connectivity index (χ3n) is 4.96. The van der Waals surface area contributed by atoms with Gasteiger partial charge in [0.2, 0.25) is 0 Å². The Morgan fingerprint density at radius 1 is 1.33 bits per heavy atom. The molecule has 3 nitrogen and oxygen atoms in total. The molecule has 0 saturated carbocycles. The zero-order valence-electron chi connectivity index (χ0n) is 13.3. The van der Waals surface area contributed by atoms with Crippen molar-refractivity contribution >= 4 is 0 Å². The van der Waals surface area contributed by atoms with Crippen LogP contribution < -0.4 is 10.1 Å². The lowest BCUT2D eigenvalue weighted by atomic mass is 9.99. The minimum Gasteiger partial charge on any atom is -0.493 e. The van der Waals surface area contributed by atoms with Gasteiger partial charge in [0.1, 0.15) is 5.75 Å². The Morgan fingerprint density at radius 2 is 2.19 bits per heavy atom. The van der Waals surface area contributed by atoms with Crippen LogP contribution in [-0.2, 0) is 0 Å². The lowest BCUT2D eigenvalue weighted by Gasteiger charge is -2.31. The zero-order chi connectivity index (χ0) is 14.7. The summed E-state index contributed by atoms with van der Waals surface area (Å²) in [7, 11) is 0. The number of fused-ring (bicyclic) bond motifs is 1. The molecular weight excluding hydrogens is 260 g/mol. The molecule has 1 N–H and O–H groups in total. The van der Waals surface area contributed by atoms with Crippen molar-refractivity contribution in [3.05, 3.63) is 29.8 Å². The highest BCUT2D eigenvalue weighted by molar-refractivity contribution is 5.39. The van der Waals surface area contributed by atoms with Gasteiger partial charge in [0.05, 0.1) is 6.61 Å². The van der Waals surface area contributed by atoms with E-state index >= 15 is 0 Å². The zero-order valence-corrected chi connectivity index (χ0v) is 13.3. The number of nitrogens with one attached hydrogen (secondary N) is 1. The van der Waals surface area contributed by atoms with Gasteiger partial charge in [-0.25, -0.2) is 0 Å². The van der Waals surface area contributed by atoms with E-state index in [1.165, 1.54) is 31.4 Å². The third kappa shape index (κ3) is 3.41. The van der Waals surface area contributed by atoms with Crippen molar-refractivity contribution < 1.29 is 4.74 Å². The average molecular weight is 288 g/mol. The van der Waals surface area contributed by atoms with E-state index in [4.69, 9.17) is 4.74 Å². The van der Waals surface area contributed by atoms with Crippen LogP contribution in [0.25, 0.3) is 0 Å². The lowest BCUT2D eigenvalue weighted by Crippen LogP contribution is -2.42. The summed E-state index contributed by atoms with van der Waals surface area (Å²) < 4.78 is 5.85. The van der Waals surface area contributed by atoms with E-state index in [9.17, 15) is 0 Å². The van der Waals surface area contributed by atoms with Gasteiger partial charge in [-0.15, -0.1) is 0 Å². The standard InChI is InChI=1S/C18H28N2O/c1-3-6-16-12-20(14(2)9-10-19-16)11-15-13-21-18-8-5-4-7-17(15)18/h4-5,7-8,14-16,19H,3,6,9-13H2,1-2H3. The van der Waals surface area contributed by atoms with Gasteiger partial charge in [0.25, 0.3) is 0 Å². The van der Waals surface area contributed by atoms with Gasteiger partial charge < -0.3 is 10.1 Å². The first-order valence-corrected chi connectivity index (χ1v) is 8.47. The monoisotopic (exact) mass is 288 g/mol. The molecule has 0 amide bonds. The quantitative estimate of drug-likeness (QED) is 0.922. The first-order valence-electron chi connectivity index (χ1n) is 8.47. The number of hydrogen-bond acceptors (Lipinski definition) is 3. The molecule has 3 unspecified atom stereocenters. The fourth-order valence-corrected chi connectivity index (χ4v) is 3.67. The number of nitrogens with zero attached hydrogens (tertiary/aromatic N) is 1. The van der Waals surface area contributed by atoms with Crippen molar-refractivity contribution in [1.29, 1.82) is 0 Å². The van der Waals surface area contributed by atoms with Crippen LogP contribution in [0, 0.1) is 0 Å². The molecule has 2 heterocycles. The van der Waals surface area contributed by atoms with E-state index in [-0.39, 0.29) is 0 Å². The molecule has 0 aliphatic carbocycles. The smallest absolute Gasteiger partial charge is 0.122 e. The molecule has 0 radical (unpaired) electrons. The maximum atomic E-state index is 5.85. The average Bonchev–Trinajstić information content (AvgIpc) is 2.81. The minimum absolute atomic E-state index is 0.532. The van der Waals surface area contributed by atoms with E-state index < -0.39 is 0 Å². The molecule has 2 aliphatic rings. The molecule has 21 heavy (non-hydrogen) atoms. The maximum Gasteiger partial charge on any atom is 0.122 e. The molecule has 3 heteroatoms. The lowest BCUT2D eigenvalue weighted by molar-refractivity contribution is 0.178. The molecule has 1 aromatic carbocycles. The van der Waals surface area contributed by atoms with Gasteiger partial charge >= 0.3 is 0 Å². The third-order valence-corrected chi connectivity index (χ3v) is 4.96. The molecule has 3 rings (SSSR count). The minimum atomic E-state index is 0.532. The van der Waals surface area contributed by atoms with Crippen LogP contribution in [0.5, 0.6) is 5.75 Å². The molecule has 1 fully saturated rings. The molecule has 0 aromatic heterocycles. The molecule has 3 atom stereocenters. The normalized spacial score (nSPS) is 29.7.